The number of amides is 2. The number of likely N-dealkylation sites (N-methyl/N-ethyl adjacent to an activating group) is 1. The molecule has 0 bridgehead atoms. The van der Waals surface area contributed by atoms with Crippen LogP contribution in [0.1, 0.15) is 37.7 Å². The van der Waals surface area contributed by atoms with Crippen LogP contribution in [0.15, 0.2) is 30.3 Å². The van der Waals surface area contributed by atoms with Crippen molar-refractivity contribution in [3.8, 4) is 6.07 Å². The van der Waals surface area contributed by atoms with E-state index in [1.165, 1.54) is 5.56 Å². The Balaban J connectivity index is 1.39. The lowest BCUT2D eigenvalue weighted by atomic mass is 9.83. The number of nitrogens with zero attached hydrogens (tertiary/aromatic N) is 4. The number of benzene rings is 1. The van der Waals surface area contributed by atoms with Crippen LogP contribution in [0.5, 0.6) is 0 Å². The molecule has 0 unspecified atom stereocenters. The lowest BCUT2D eigenvalue weighted by Gasteiger charge is -2.35. The quantitative estimate of drug-likeness (QED) is 0.737. The highest BCUT2D eigenvalue weighted by Crippen LogP contribution is 2.27. The predicted molar refractivity (Wildman–Crippen MR) is 115 cm³/mol. The van der Waals surface area contributed by atoms with Crippen LogP contribution in [-0.2, 0) is 16.1 Å². The number of hydrogen-bond acceptors (Lipinski definition) is 5. The number of nitriles is 1. The molecule has 30 heavy (non-hydrogen) atoms. The van der Waals surface area contributed by atoms with E-state index in [1.807, 2.05) is 23.1 Å². The lowest BCUT2D eigenvalue weighted by molar-refractivity contribution is -0.134. The monoisotopic (exact) mass is 411 g/mol. The zero-order valence-corrected chi connectivity index (χ0v) is 18.0. The summed E-state index contributed by atoms with van der Waals surface area (Å²) in [6.07, 6.45) is 4.49. The summed E-state index contributed by atoms with van der Waals surface area (Å²) >= 11 is 0. The second-order valence-corrected chi connectivity index (χ2v) is 8.62. The molecular weight excluding hydrogens is 378 g/mol. The molecule has 0 aromatic heterocycles. The van der Waals surface area contributed by atoms with Gasteiger partial charge in [0.2, 0.25) is 11.8 Å². The molecule has 2 aliphatic rings. The number of carbonyl (C=O) groups excluding carboxylic acids is 2. The van der Waals surface area contributed by atoms with Crippen molar-refractivity contribution < 1.29 is 9.59 Å². The maximum atomic E-state index is 12.6. The Morgan fingerprint density at radius 3 is 2.37 bits per heavy atom. The lowest BCUT2D eigenvalue weighted by Crippen LogP contribution is -2.53. The van der Waals surface area contributed by atoms with Crippen molar-refractivity contribution in [2.75, 3.05) is 46.3 Å². The SMILES string of the molecule is CN(CC(=O)NC1(C#N)CCCCC1)CC(=O)N1CCN(Cc2ccccc2)CC1. The van der Waals surface area contributed by atoms with E-state index in [4.69, 9.17) is 0 Å². The van der Waals surface area contributed by atoms with Gasteiger partial charge in [0.15, 0.2) is 0 Å². The molecule has 1 aromatic rings. The highest BCUT2D eigenvalue weighted by Gasteiger charge is 2.33. The minimum Gasteiger partial charge on any atom is -0.339 e. The van der Waals surface area contributed by atoms with Crippen molar-refractivity contribution in [1.29, 1.82) is 5.26 Å². The number of piperazine rings is 1. The second-order valence-electron chi connectivity index (χ2n) is 8.62. The van der Waals surface area contributed by atoms with Gasteiger partial charge in [0.05, 0.1) is 19.2 Å². The van der Waals surface area contributed by atoms with Gasteiger partial charge in [-0.3, -0.25) is 19.4 Å². The van der Waals surface area contributed by atoms with E-state index < -0.39 is 5.54 Å². The van der Waals surface area contributed by atoms with Gasteiger partial charge in [-0.2, -0.15) is 5.26 Å². The highest BCUT2D eigenvalue weighted by atomic mass is 16.2. The van der Waals surface area contributed by atoms with Crippen LogP contribution in [0, 0.1) is 11.3 Å². The van der Waals surface area contributed by atoms with Gasteiger partial charge < -0.3 is 10.2 Å². The van der Waals surface area contributed by atoms with Gasteiger partial charge in [0, 0.05) is 32.7 Å². The van der Waals surface area contributed by atoms with Crippen molar-refractivity contribution >= 4 is 11.8 Å². The molecule has 1 saturated heterocycles. The Hall–Kier alpha value is -2.43. The second kappa shape index (κ2) is 10.6. The van der Waals surface area contributed by atoms with Crippen molar-refractivity contribution in [3.63, 3.8) is 0 Å². The van der Waals surface area contributed by atoms with Crippen LogP contribution in [0.4, 0.5) is 0 Å². The number of rotatable bonds is 7. The van der Waals surface area contributed by atoms with E-state index >= 15 is 0 Å². The molecule has 0 radical (unpaired) electrons. The Morgan fingerprint density at radius 2 is 1.73 bits per heavy atom. The zero-order valence-electron chi connectivity index (χ0n) is 18.0. The molecule has 3 rings (SSSR count). The number of hydrogen-bond donors (Lipinski definition) is 1. The first kappa shape index (κ1) is 22.3. The molecule has 1 aliphatic carbocycles. The van der Waals surface area contributed by atoms with E-state index in [0.29, 0.717) is 25.9 Å². The Morgan fingerprint density at radius 1 is 1.07 bits per heavy atom. The van der Waals surface area contributed by atoms with Gasteiger partial charge in [0.25, 0.3) is 0 Å². The largest absolute Gasteiger partial charge is 0.339 e. The van der Waals surface area contributed by atoms with Crippen LogP contribution < -0.4 is 5.32 Å². The average molecular weight is 412 g/mol. The summed E-state index contributed by atoms with van der Waals surface area (Å²) < 4.78 is 0. The van der Waals surface area contributed by atoms with Gasteiger partial charge in [-0.25, -0.2) is 0 Å². The summed E-state index contributed by atoms with van der Waals surface area (Å²) in [5.41, 5.74) is 0.561. The Labute approximate surface area is 179 Å². The van der Waals surface area contributed by atoms with Gasteiger partial charge in [0.1, 0.15) is 5.54 Å². The smallest absolute Gasteiger partial charge is 0.236 e. The summed E-state index contributed by atoms with van der Waals surface area (Å²) in [5, 5.41) is 12.4. The van der Waals surface area contributed by atoms with Crippen LogP contribution in [-0.4, -0.2) is 78.4 Å². The maximum absolute atomic E-state index is 12.6. The molecular formula is C23H33N5O2. The molecule has 162 valence electrons. The molecule has 2 amide bonds. The minimum atomic E-state index is -0.727. The van der Waals surface area contributed by atoms with E-state index in [1.54, 1.807) is 11.9 Å². The fourth-order valence-electron chi connectivity index (χ4n) is 4.36. The number of carbonyl (C=O) groups is 2. The predicted octanol–water partition coefficient (Wildman–Crippen LogP) is 1.61. The highest BCUT2D eigenvalue weighted by molar-refractivity contribution is 5.82. The molecule has 2 fully saturated rings. The van der Waals surface area contributed by atoms with Crippen molar-refractivity contribution in [2.24, 2.45) is 0 Å². The van der Waals surface area contributed by atoms with Gasteiger partial charge in [-0.05, 0) is 25.5 Å². The molecule has 1 aliphatic heterocycles. The van der Waals surface area contributed by atoms with Crippen LogP contribution in [0.2, 0.25) is 0 Å². The van der Waals surface area contributed by atoms with Crippen molar-refractivity contribution in [1.82, 2.24) is 20.0 Å². The Bertz CT molecular complexity index is 747. The van der Waals surface area contributed by atoms with Gasteiger partial charge in [-0.15, -0.1) is 0 Å². The summed E-state index contributed by atoms with van der Waals surface area (Å²) in [7, 11) is 1.78. The third-order valence-corrected chi connectivity index (χ3v) is 6.09. The summed E-state index contributed by atoms with van der Waals surface area (Å²) in [6.45, 7) is 4.38. The molecule has 1 N–H and O–H groups in total. The van der Waals surface area contributed by atoms with Crippen molar-refractivity contribution in [3.05, 3.63) is 35.9 Å². The first-order valence-electron chi connectivity index (χ1n) is 10.9. The van der Waals surface area contributed by atoms with Crippen LogP contribution in [0.25, 0.3) is 0 Å². The fraction of sp³-hybridized carbons (Fsp3) is 0.609. The number of nitrogens with one attached hydrogen (secondary N) is 1. The molecule has 1 aromatic carbocycles. The molecule has 7 heteroatoms. The molecule has 1 saturated carbocycles. The topological polar surface area (TPSA) is 79.7 Å². The summed E-state index contributed by atoms with van der Waals surface area (Å²) in [6, 6.07) is 12.7. The van der Waals surface area contributed by atoms with Crippen LogP contribution >= 0.6 is 0 Å². The molecule has 7 nitrogen and oxygen atoms in total. The molecule has 1 heterocycles. The van der Waals surface area contributed by atoms with Gasteiger partial charge in [-0.1, -0.05) is 49.6 Å². The van der Waals surface area contributed by atoms with E-state index in [9.17, 15) is 14.9 Å². The Kier molecular flexibility index (Phi) is 7.83. The minimum absolute atomic E-state index is 0.0531. The van der Waals surface area contributed by atoms with Crippen LogP contribution in [0.3, 0.4) is 0 Å². The maximum Gasteiger partial charge on any atom is 0.236 e. The van der Waals surface area contributed by atoms with E-state index in [0.717, 1.165) is 38.9 Å². The standard InChI is InChI=1S/C23H33N5O2/c1-26(17-21(29)25-23(19-24)10-6-3-7-11-23)18-22(30)28-14-12-27(13-15-28)16-20-8-4-2-5-9-20/h2,4-5,8-9H,3,6-7,10-18H2,1H3,(H,25,29). The summed E-state index contributed by atoms with van der Waals surface area (Å²) in [4.78, 5) is 31.1. The fourth-order valence-corrected chi connectivity index (χ4v) is 4.36. The molecule has 0 atom stereocenters. The average Bonchev–Trinajstić information content (AvgIpc) is 2.75. The normalized spacial score (nSPS) is 19.3. The first-order valence-corrected chi connectivity index (χ1v) is 10.9. The third kappa shape index (κ3) is 6.28. The zero-order chi connectivity index (χ0) is 21.4. The first-order chi connectivity index (χ1) is 14.5. The third-order valence-electron chi connectivity index (χ3n) is 6.09. The van der Waals surface area contributed by atoms with Gasteiger partial charge >= 0.3 is 0 Å². The summed E-state index contributed by atoms with van der Waals surface area (Å²) in [5.74, 6) is -0.126. The van der Waals surface area contributed by atoms with E-state index in [2.05, 4.69) is 28.4 Å². The van der Waals surface area contributed by atoms with E-state index in [-0.39, 0.29) is 24.9 Å². The van der Waals surface area contributed by atoms with Crippen molar-refractivity contribution in [2.45, 2.75) is 44.2 Å². The molecule has 0 spiro atoms.